The van der Waals surface area contributed by atoms with Crippen LogP contribution in [0.4, 0.5) is 11.4 Å². The zero-order valence-electron chi connectivity index (χ0n) is 12.4. The van der Waals surface area contributed by atoms with Gasteiger partial charge in [0.1, 0.15) is 0 Å². The molecule has 0 spiro atoms. The number of rotatable bonds is 5. The van der Waals surface area contributed by atoms with Crippen molar-refractivity contribution in [3.05, 3.63) is 24.3 Å². The Morgan fingerprint density at radius 2 is 1.84 bits per heavy atom. The second kappa shape index (κ2) is 6.57. The lowest BCUT2D eigenvalue weighted by Crippen LogP contribution is -2.31. The molecule has 0 aliphatic heterocycles. The highest BCUT2D eigenvalue weighted by atomic mass is 16.1. The van der Waals surface area contributed by atoms with E-state index < -0.39 is 0 Å². The van der Waals surface area contributed by atoms with Gasteiger partial charge in [-0.3, -0.25) is 4.79 Å². The number of nitrogens with two attached hydrogens (primary N) is 1. The van der Waals surface area contributed by atoms with Crippen LogP contribution in [0.15, 0.2) is 24.3 Å². The van der Waals surface area contributed by atoms with Gasteiger partial charge in [-0.2, -0.15) is 0 Å². The molecular weight excluding hydrogens is 238 g/mol. The van der Waals surface area contributed by atoms with Crippen LogP contribution in [0.25, 0.3) is 0 Å². The predicted molar refractivity (Wildman–Crippen MR) is 81.1 cm³/mol. The van der Waals surface area contributed by atoms with Gasteiger partial charge in [-0.25, -0.2) is 0 Å². The zero-order valence-corrected chi connectivity index (χ0v) is 12.4. The lowest BCUT2D eigenvalue weighted by Gasteiger charge is -2.26. The lowest BCUT2D eigenvalue weighted by atomic mass is 9.96. The van der Waals surface area contributed by atoms with E-state index in [1.807, 2.05) is 19.2 Å². The van der Waals surface area contributed by atoms with Crippen molar-refractivity contribution < 1.29 is 4.79 Å². The third-order valence-corrected chi connectivity index (χ3v) is 2.66. The van der Waals surface area contributed by atoms with Gasteiger partial charge in [0.25, 0.3) is 0 Å². The quantitative estimate of drug-likeness (QED) is 0.803. The summed E-state index contributed by atoms with van der Waals surface area (Å²) in [5.41, 5.74) is 7.33. The first-order valence-electron chi connectivity index (χ1n) is 6.60. The van der Waals surface area contributed by atoms with Crippen LogP contribution in [0.3, 0.4) is 0 Å². The van der Waals surface area contributed by atoms with E-state index >= 15 is 0 Å². The van der Waals surface area contributed by atoms with Crippen LogP contribution in [0, 0.1) is 5.41 Å². The minimum atomic E-state index is 0.0329. The van der Waals surface area contributed by atoms with Gasteiger partial charge in [0, 0.05) is 30.9 Å². The molecule has 1 rings (SSSR count). The highest BCUT2D eigenvalue weighted by Crippen LogP contribution is 2.14. The molecular formula is C15H25N3O. The Morgan fingerprint density at radius 1 is 1.26 bits per heavy atom. The minimum Gasteiger partial charge on any atom is -0.399 e. The molecule has 1 aromatic rings. The van der Waals surface area contributed by atoms with Crippen molar-refractivity contribution >= 4 is 17.3 Å². The largest absolute Gasteiger partial charge is 0.399 e. The summed E-state index contributed by atoms with van der Waals surface area (Å²) in [6, 6.07) is 7.18. The van der Waals surface area contributed by atoms with Crippen LogP contribution in [0.5, 0.6) is 0 Å². The molecule has 0 aliphatic carbocycles. The van der Waals surface area contributed by atoms with E-state index in [9.17, 15) is 4.79 Å². The van der Waals surface area contributed by atoms with E-state index in [1.165, 1.54) is 0 Å². The molecule has 0 saturated heterocycles. The van der Waals surface area contributed by atoms with E-state index in [2.05, 4.69) is 31.0 Å². The summed E-state index contributed by atoms with van der Waals surface area (Å²) < 4.78 is 0. The number of anilines is 2. The Balaban J connectivity index is 2.34. The maximum atomic E-state index is 11.8. The summed E-state index contributed by atoms with van der Waals surface area (Å²) in [6.07, 6.45) is 0.497. The fourth-order valence-corrected chi connectivity index (χ4v) is 1.97. The van der Waals surface area contributed by atoms with Gasteiger partial charge in [-0.05, 0) is 36.7 Å². The van der Waals surface area contributed by atoms with Crippen molar-refractivity contribution in [2.45, 2.75) is 27.2 Å². The Hall–Kier alpha value is -1.55. The maximum Gasteiger partial charge on any atom is 0.225 e. The molecule has 4 heteroatoms. The Labute approximate surface area is 116 Å². The molecule has 0 aliphatic rings. The molecule has 3 N–H and O–H groups in total. The number of carbonyl (C=O) groups is 1. The number of nitrogen functional groups attached to an aromatic ring is 1. The van der Waals surface area contributed by atoms with E-state index in [0.29, 0.717) is 12.1 Å². The summed E-state index contributed by atoms with van der Waals surface area (Å²) in [5.74, 6) is 0.0329. The monoisotopic (exact) mass is 263 g/mol. The minimum absolute atomic E-state index is 0.0329. The zero-order chi connectivity index (χ0) is 14.5. The second-order valence-electron chi connectivity index (χ2n) is 6.22. The molecule has 19 heavy (non-hydrogen) atoms. The smallest absolute Gasteiger partial charge is 0.225 e. The Morgan fingerprint density at radius 3 is 2.37 bits per heavy atom. The fraction of sp³-hybridized carbons (Fsp3) is 0.533. The van der Waals surface area contributed by atoms with Gasteiger partial charge < -0.3 is 16.0 Å². The van der Waals surface area contributed by atoms with Gasteiger partial charge in [0.15, 0.2) is 0 Å². The molecule has 0 radical (unpaired) electrons. The number of benzene rings is 1. The van der Waals surface area contributed by atoms with Crippen molar-refractivity contribution in [2.24, 2.45) is 5.41 Å². The van der Waals surface area contributed by atoms with Crippen LogP contribution >= 0.6 is 0 Å². The van der Waals surface area contributed by atoms with Crippen molar-refractivity contribution in [2.75, 3.05) is 31.2 Å². The summed E-state index contributed by atoms with van der Waals surface area (Å²) >= 11 is 0. The van der Waals surface area contributed by atoms with Crippen molar-refractivity contribution in [3.8, 4) is 0 Å². The molecule has 0 atom stereocenters. The second-order valence-corrected chi connectivity index (χ2v) is 6.22. The fourth-order valence-electron chi connectivity index (χ4n) is 1.97. The lowest BCUT2D eigenvalue weighted by molar-refractivity contribution is -0.116. The molecule has 4 nitrogen and oxygen atoms in total. The number of nitrogens with one attached hydrogen (secondary N) is 1. The first kappa shape index (κ1) is 15.5. The third kappa shape index (κ3) is 6.82. The van der Waals surface area contributed by atoms with E-state index in [1.54, 1.807) is 12.1 Å². The molecule has 0 unspecified atom stereocenters. The average Bonchev–Trinajstić information content (AvgIpc) is 2.27. The standard InChI is InChI=1S/C15H25N3O/c1-15(2,3)11-18(4)10-9-14(19)17-13-7-5-12(16)6-8-13/h5-8H,9-11,16H2,1-4H3,(H,17,19). The molecule has 0 bridgehead atoms. The number of hydrogen-bond acceptors (Lipinski definition) is 3. The summed E-state index contributed by atoms with van der Waals surface area (Å²) in [4.78, 5) is 14.0. The number of nitrogens with zero attached hydrogens (tertiary/aromatic N) is 1. The van der Waals surface area contributed by atoms with Gasteiger partial charge in [0.05, 0.1) is 0 Å². The Bertz CT molecular complexity index is 406. The number of carbonyl (C=O) groups excluding carboxylic acids is 1. The van der Waals surface area contributed by atoms with Crippen molar-refractivity contribution in [1.29, 1.82) is 0 Å². The van der Waals surface area contributed by atoms with Crippen LogP contribution < -0.4 is 11.1 Å². The molecule has 1 aromatic carbocycles. The summed E-state index contributed by atoms with van der Waals surface area (Å²) in [5, 5.41) is 2.87. The molecule has 0 heterocycles. The molecule has 0 saturated carbocycles. The van der Waals surface area contributed by atoms with Gasteiger partial charge in [-0.15, -0.1) is 0 Å². The third-order valence-electron chi connectivity index (χ3n) is 2.66. The highest BCUT2D eigenvalue weighted by molar-refractivity contribution is 5.90. The molecule has 0 aromatic heterocycles. The molecule has 1 amide bonds. The highest BCUT2D eigenvalue weighted by Gasteiger charge is 2.14. The van der Waals surface area contributed by atoms with Crippen LogP contribution in [-0.2, 0) is 4.79 Å². The maximum absolute atomic E-state index is 11.8. The van der Waals surface area contributed by atoms with Gasteiger partial charge >= 0.3 is 0 Å². The van der Waals surface area contributed by atoms with Gasteiger partial charge in [-0.1, -0.05) is 20.8 Å². The van der Waals surface area contributed by atoms with E-state index in [-0.39, 0.29) is 11.3 Å². The topological polar surface area (TPSA) is 58.4 Å². The molecule has 106 valence electrons. The van der Waals surface area contributed by atoms with E-state index in [4.69, 9.17) is 5.73 Å². The van der Waals surface area contributed by atoms with Gasteiger partial charge in [0.2, 0.25) is 5.91 Å². The van der Waals surface area contributed by atoms with Crippen LogP contribution in [0.2, 0.25) is 0 Å². The first-order chi connectivity index (χ1) is 8.76. The predicted octanol–water partition coefficient (Wildman–Crippen LogP) is 2.58. The summed E-state index contributed by atoms with van der Waals surface area (Å²) in [7, 11) is 2.04. The molecule has 0 fully saturated rings. The summed E-state index contributed by atoms with van der Waals surface area (Å²) in [6.45, 7) is 8.31. The van der Waals surface area contributed by atoms with Crippen molar-refractivity contribution in [3.63, 3.8) is 0 Å². The normalized spacial score (nSPS) is 11.6. The number of amides is 1. The average molecular weight is 263 g/mol. The van der Waals surface area contributed by atoms with Crippen LogP contribution in [-0.4, -0.2) is 30.9 Å². The van der Waals surface area contributed by atoms with Crippen molar-refractivity contribution in [1.82, 2.24) is 4.90 Å². The van der Waals surface area contributed by atoms with Crippen LogP contribution in [0.1, 0.15) is 27.2 Å². The Kier molecular flexibility index (Phi) is 5.36. The number of hydrogen-bond donors (Lipinski definition) is 2. The first-order valence-corrected chi connectivity index (χ1v) is 6.60. The van der Waals surface area contributed by atoms with E-state index in [0.717, 1.165) is 18.8 Å². The SMILES string of the molecule is CN(CCC(=O)Nc1ccc(N)cc1)CC(C)(C)C.